The van der Waals surface area contributed by atoms with Crippen molar-refractivity contribution < 1.29 is 8.81 Å². The highest BCUT2D eigenvalue weighted by Gasteiger charge is 2.20. The Hall–Kier alpha value is -2.08. The van der Waals surface area contributed by atoms with E-state index in [1.165, 1.54) is 12.1 Å². The van der Waals surface area contributed by atoms with E-state index in [4.69, 9.17) is 10.2 Å². The van der Waals surface area contributed by atoms with Gasteiger partial charge in [0.25, 0.3) is 0 Å². The van der Waals surface area contributed by atoms with Gasteiger partial charge in [0.05, 0.1) is 17.4 Å². The number of benzene rings is 1. The zero-order valence-electron chi connectivity index (χ0n) is 10.6. The fourth-order valence-electron chi connectivity index (χ4n) is 2.09. The molecular weight excluding hydrogens is 325 g/mol. The number of rotatable bonds is 2. The zero-order valence-corrected chi connectivity index (χ0v) is 12.2. The van der Waals surface area contributed by atoms with Crippen LogP contribution in [0, 0.1) is 5.82 Å². The first kappa shape index (κ1) is 12.9. The average Bonchev–Trinajstić information content (AvgIpc) is 2.96. The summed E-state index contributed by atoms with van der Waals surface area (Å²) < 4.78 is 20.5. The SMILES string of the molecule is Cn1nc(-c2ccoc2Br)c(-c2ccc(F)cc2)c1N. The molecule has 0 unspecified atom stereocenters. The molecule has 6 heteroatoms. The number of nitrogens with two attached hydrogens (primary N) is 1. The Morgan fingerprint density at radius 2 is 1.95 bits per heavy atom. The first-order valence-corrected chi connectivity index (χ1v) is 6.69. The monoisotopic (exact) mass is 335 g/mol. The van der Waals surface area contributed by atoms with Crippen LogP contribution in [0.1, 0.15) is 0 Å². The second-order valence-corrected chi connectivity index (χ2v) is 5.07. The van der Waals surface area contributed by atoms with E-state index in [9.17, 15) is 4.39 Å². The molecule has 0 amide bonds. The third-order valence-corrected chi connectivity index (χ3v) is 3.71. The van der Waals surface area contributed by atoms with Crippen LogP contribution < -0.4 is 5.73 Å². The van der Waals surface area contributed by atoms with Crippen molar-refractivity contribution in [2.45, 2.75) is 0 Å². The average molecular weight is 336 g/mol. The number of nitrogen functional groups attached to an aromatic ring is 1. The lowest BCUT2D eigenvalue weighted by Gasteiger charge is -2.03. The quantitative estimate of drug-likeness (QED) is 0.774. The minimum absolute atomic E-state index is 0.290. The second-order valence-electron chi connectivity index (χ2n) is 4.35. The minimum Gasteiger partial charge on any atom is -0.457 e. The van der Waals surface area contributed by atoms with Gasteiger partial charge in [0.1, 0.15) is 17.3 Å². The number of halogens is 2. The fourth-order valence-corrected chi connectivity index (χ4v) is 2.52. The zero-order chi connectivity index (χ0) is 14.3. The molecule has 0 atom stereocenters. The molecule has 2 aromatic heterocycles. The van der Waals surface area contributed by atoms with Crippen LogP contribution in [0.3, 0.4) is 0 Å². The Morgan fingerprint density at radius 3 is 2.55 bits per heavy atom. The Labute approximate surface area is 123 Å². The lowest BCUT2D eigenvalue weighted by molar-refractivity contribution is 0.542. The summed E-state index contributed by atoms with van der Waals surface area (Å²) in [7, 11) is 1.76. The van der Waals surface area contributed by atoms with Crippen LogP contribution in [-0.4, -0.2) is 9.78 Å². The number of hydrogen-bond donors (Lipinski definition) is 1. The van der Waals surface area contributed by atoms with Gasteiger partial charge >= 0.3 is 0 Å². The van der Waals surface area contributed by atoms with Crippen molar-refractivity contribution in [2.75, 3.05) is 5.73 Å². The lowest BCUT2D eigenvalue weighted by Crippen LogP contribution is -1.97. The highest BCUT2D eigenvalue weighted by Crippen LogP contribution is 2.39. The van der Waals surface area contributed by atoms with E-state index in [0.29, 0.717) is 16.2 Å². The normalized spacial score (nSPS) is 10.9. The molecule has 3 rings (SSSR count). The van der Waals surface area contributed by atoms with Crippen molar-refractivity contribution in [1.82, 2.24) is 9.78 Å². The van der Waals surface area contributed by atoms with Gasteiger partial charge in [0, 0.05) is 7.05 Å². The standard InChI is InChI=1S/C14H11BrFN3O/c1-19-14(17)11(8-2-4-9(16)5-3-8)12(18-19)10-6-7-20-13(10)15/h2-7H,17H2,1H3. The molecule has 0 aliphatic heterocycles. The molecule has 102 valence electrons. The van der Waals surface area contributed by atoms with E-state index in [1.807, 2.05) is 0 Å². The van der Waals surface area contributed by atoms with Crippen LogP contribution in [-0.2, 0) is 7.05 Å². The van der Waals surface area contributed by atoms with Crippen molar-refractivity contribution in [3.63, 3.8) is 0 Å². The highest BCUT2D eigenvalue weighted by molar-refractivity contribution is 9.10. The number of hydrogen-bond acceptors (Lipinski definition) is 3. The van der Waals surface area contributed by atoms with Gasteiger partial charge in [-0.2, -0.15) is 5.10 Å². The number of nitrogens with zero attached hydrogens (tertiary/aromatic N) is 2. The number of aromatic nitrogens is 2. The Kier molecular flexibility index (Phi) is 3.10. The lowest BCUT2D eigenvalue weighted by atomic mass is 10.0. The van der Waals surface area contributed by atoms with Gasteiger partial charge in [0.2, 0.25) is 0 Å². The van der Waals surface area contributed by atoms with Crippen LogP contribution in [0.25, 0.3) is 22.4 Å². The second kappa shape index (κ2) is 4.79. The van der Waals surface area contributed by atoms with Crippen molar-refractivity contribution >= 4 is 21.7 Å². The molecule has 0 saturated carbocycles. The molecule has 0 saturated heterocycles. The van der Waals surface area contributed by atoms with Gasteiger partial charge in [-0.1, -0.05) is 12.1 Å². The summed E-state index contributed by atoms with van der Waals surface area (Å²) in [4.78, 5) is 0. The molecule has 0 aliphatic rings. The summed E-state index contributed by atoms with van der Waals surface area (Å²) in [6, 6.07) is 7.96. The topological polar surface area (TPSA) is 57.0 Å². The summed E-state index contributed by atoms with van der Waals surface area (Å²) in [5.41, 5.74) is 9.15. The molecule has 0 radical (unpaired) electrons. The molecule has 0 aliphatic carbocycles. The van der Waals surface area contributed by atoms with E-state index >= 15 is 0 Å². The van der Waals surface area contributed by atoms with E-state index in [0.717, 1.165) is 16.7 Å². The van der Waals surface area contributed by atoms with E-state index < -0.39 is 0 Å². The number of anilines is 1. The molecule has 0 spiro atoms. The van der Waals surface area contributed by atoms with Crippen LogP contribution in [0.2, 0.25) is 0 Å². The molecule has 1 aromatic carbocycles. The Morgan fingerprint density at radius 1 is 1.25 bits per heavy atom. The third-order valence-electron chi connectivity index (χ3n) is 3.10. The maximum absolute atomic E-state index is 13.1. The molecular formula is C14H11BrFN3O. The van der Waals surface area contributed by atoms with Crippen LogP contribution in [0.5, 0.6) is 0 Å². The van der Waals surface area contributed by atoms with Crippen molar-refractivity contribution in [3.8, 4) is 22.4 Å². The maximum Gasteiger partial charge on any atom is 0.178 e. The predicted molar refractivity (Wildman–Crippen MR) is 78.4 cm³/mol. The summed E-state index contributed by atoms with van der Waals surface area (Å²) in [6.45, 7) is 0. The van der Waals surface area contributed by atoms with Crippen LogP contribution in [0.15, 0.2) is 45.7 Å². The van der Waals surface area contributed by atoms with Crippen LogP contribution >= 0.6 is 15.9 Å². The number of aryl methyl sites for hydroxylation is 1. The molecule has 0 bridgehead atoms. The van der Waals surface area contributed by atoms with E-state index in [1.54, 1.807) is 36.2 Å². The van der Waals surface area contributed by atoms with Gasteiger partial charge < -0.3 is 10.2 Å². The predicted octanol–water partition coefficient (Wildman–Crippen LogP) is 3.83. The summed E-state index contributed by atoms with van der Waals surface area (Å²) >= 11 is 3.34. The van der Waals surface area contributed by atoms with Gasteiger partial charge in [0.15, 0.2) is 4.67 Å². The van der Waals surface area contributed by atoms with Gasteiger partial charge in [-0.15, -0.1) is 0 Å². The maximum atomic E-state index is 13.1. The van der Waals surface area contributed by atoms with Crippen molar-refractivity contribution in [1.29, 1.82) is 0 Å². The third kappa shape index (κ3) is 2.02. The Balaban J connectivity index is 2.25. The molecule has 20 heavy (non-hydrogen) atoms. The molecule has 2 N–H and O–H groups in total. The largest absolute Gasteiger partial charge is 0.457 e. The smallest absolute Gasteiger partial charge is 0.178 e. The van der Waals surface area contributed by atoms with Crippen molar-refractivity contribution in [3.05, 3.63) is 47.1 Å². The Bertz CT molecular complexity index is 761. The van der Waals surface area contributed by atoms with E-state index in [-0.39, 0.29) is 5.82 Å². The molecule has 3 aromatic rings. The molecule has 0 fully saturated rings. The minimum atomic E-state index is -0.290. The van der Waals surface area contributed by atoms with Gasteiger partial charge in [-0.05, 0) is 39.7 Å². The summed E-state index contributed by atoms with van der Waals surface area (Å²) in [6.07, 6.45) is 1.57. The number of furan rings is 1. The summed E-state index contributed by atoms with van der Waals surface area (Å²) in [5.74, 6) is 0.224. The van der Waals surface area contributed by atoms with Crippen molar-refractivity contribution in [2.24, 2.45) is 7.05 Å². The highest BCUT2D eigenvalue weighted by atomic mass is 79.9. The van der Waals surface area contributed by atoms with Gasteiger partial charge in [-0.3, -0.25) is 4.68 Å². The fraction of sp³-hybridized carbons (Fsp3) is 0.0714. The summed E-state index contributed by atoms with van der Waals surface area (Å²) in [5, 5.41) is 4.42. The molecule has 4 nitrogen and oxygen atoms in total. The van der Waals surface area contributed by atoms with Crippen LogP contribution in [0.4, 0.5) is 10.2 Å². The van der Waals surface area contributed by atoms with Gasteiger partial charge in [-0.25, -0.2) is 4.39 Å². The molecule has 2 heterocycles. The first-order valence-electron chi connectivity index (χ1n) is 5.89. The first-order chi connectivity index (χ1) is 9.58. The van der Waals surface area contributed by atoms with E-state index in [2.05, 4.69) is 21.0 Å².